The van der Waals surface area contributed by atoms with Gasteiger partial charge in [0.05, 0.1) is 0 Å². The number of hydrogen-bond donors (Lipinski definition) is 0. The number of hydrogen-bond acceptors (Lipinski definition) is 2. The molecule has 0 aliphatic carbocycles. The second kappa shape index (κ2) is 4.40. The Morgan fingerprint density at radius 1 is 1.36 bits per heavy atom. The Hall–Kier alpha value is -0.491. The Balaban J connectivity index is 2.60. The third kappa shape index (κ3) is 2.94. The summed E-state index contributed by atoms with van der Waals surface area (Å²) in [4.78, 5) is 3.01. The molecule has 11 heavy (non-hydrogen) atoms. The topological polar surface area (TPSA) is 23.8 Å². The average molecular weight is 232 g/mol. The predicted molar refractivity (Wildman–Crippen MR) is 43.6 cm³/mol. The van der Waals surface area contributed by atoms with E-state index >= 15 is 0 Å². The predicted octanol–water partition coefficient (Wildman–Crippen LogP) is 2.02. The van der Waals surface area contributed by atoms with Crippen molar-refractivity contribution in [2.45, 2.75) is 4.90 Å². The zero-order valence-electron chi connectivity index (χ0n) is 5.45. The fourth-order valence-corrected chi connectivity index (χ4v) is 2.48. The van der Waals surface area contributed by atoms with E-state index in [1.165, 1.54) is 22.3 Å². The monoisotopic (exact) mass is 233 g/mol. The summed E-state index contributed by atoms with van der Waals surface area (Å²) in [7, 11) is 1.46. The molecule has 1 aromatic carbocycles. The van der Waals surface area contributed by atoms with E-state index in [1.54, 1.807) is 12.1 Å². The Morgan fingerprint density at radius 3 is 2.55 bits per heavy atom. The molecule has 0 unspecified atom stereocenters. The minimum absolute atomic E-state index is 0.0855. The van der Waals surface area contributed by atoms with E-state index in [0.29, 0.717) is 0 Å². The third-order valence-corrected chi connectivity index (χ3v) is 3.82. The van der Waals surface area contributed by atoms with Crippen molar-refractivity contribution in [2.24, 2.45) is 0 Å². The van der Waals surface area contributed by atoms with Crippen molar-refractivity contribution in [3.05, 3.63) is 30.1 Å². The zero-order chi connectivity index (χ0) is 8.10. The summed E-state index contributed by atoms with van der Waals surface area (Å²) in [6.07, 6.45) is 0. The molecule has 0 spiro atoms. The molecule has 0 saturated carbocycles. The summed E-state index contributed by atoms with van der Waals surface area (Å²) in [6, 6.07) is 6.16. The molecule has 0 atom stereocenters. The van der Waals surface area contributed by atoms with Gasteiger partial charge >= 0.3 is 73.6 Å². The summed E-state index contributed by atoms with van der Waals surface area (Å²) < 4.78 is 12.3. The van der Waals surface area contributed by atoms with Gasteiger partial charge in [-0.15, -0.1) is 0 Å². The molecule has 0 saturated heterocycles. The summed E-state index contributed by atoms with van der Waals surface area (Å²) in [5, 5.41) is 8.27. The van der Waals surface area contributed by atoms with Crippen molar-refractivity contribution in [1.82, 2.24) is 0 Å². The molecule has 0 heterocycles. The van der Waals surface area contributed by atoms with Gasteiger partial charge in [-0.25, -0.2) is 0 Å². The van der Waals surface area contributed by atoms with Crippen molar-refractivity contribution in [3.8, 4) is 4.97 Å². The first-order valence-corrected chi connectivity index (χ1v) is 6.51. The number of nitrogens with zero attached hydrogens (tertiary/aromatic N) is 1. The van der Waals surface area contributed by atoms with Crippen LogP contribution in [0, 0.1) is 16.0 Å². The molecule has 56 valence electrons. The Bertz CT molecular complexity index is 267. The van der Waals surface area contributed by atoms with E-state index in [0.717, 1.165) is 4.90 Å². The second-order valence-electron chi connectivity index (χ2n) is 1.71. The average Bonchev–Trinajstić information content (AvgIpc) is 2.04. The normalized spacial score (nSPS) is 9.09. The molecule has 0 bridgehead atoms. The Morgan fingerprint density at radius 2 is 2.00 bits per heavy atom. The molecule has 1 nitrogen and oxygen atoms in total. The van der Waals surface area contributed by atoms with Crippen molar-refractivity contribution in [1.29, 1.82) is 5.26 Å². The fraction of sp³-hybridized carbons (Fsp3) is 0. The number of nitriles is 1. The summed E-state index contributed by atoms with van der Waals surface area (Å²) in [6.45, 7) is 0. The van der Waals surface area contributed by atoms with Gasteiger partial charge in [0.2, 0.25) is 0 Å². The van der Waals surface area contributed by atoms with Crippen molar-refractivity contribution < 1.29 is 4.39 Å². The van der Waals surface area contributed by atoms with Gasteiger partial charge in [-0.3, -0.25) is 0 Å². The molecular formula is C7H4FNSSe. The quantitative estimate of drug-likeness (QED) is 0.728. The molecule has 0 N–H and O–H groups in total. The van der Waals surface area contributed by atoms with Gasteiger partial charge in [0, 0.05) is 0 Å². The van der Waals surface area contributed by atoms with Gasteiger partial charge < -0.3 is 0 Å². The molecular weight excluding hydrogens is 228 g/mol. The van der Waals surface area contributed by atoms with E-state index in [1.807, 2.05) is 0 Å². The molecule has 0 aliphatic heterocycles. The van der Waals surface area contributed by atoms with Crippen LogP contribution in [0.2, 0.25) is 0 Å². The number of rotatable bonds is 2. The van der Waals surface area contributed by atoms with Crippen LogP contribution < -0.4 is 0 Å². The van der Waals surface area contributed by atoms with Crippen molar-refractivity contribution in [3.63, 3.8) is 0 Å². The first kappa shape index (κ1) is 8.60. The standard InChI is InChI=1S/C7H4FNSSe/c8-6-1-3-7(4-2-6)10-11-5-9/h1-4H. The molecule has 0 fully saturated rings. The molecule has 0 radical (unpaired) electrons. The van der Waals surface area contributed by atoms with Gasteiger partial charge in [0.15, 0.2) is 0 Å². The van der Waals surface area contributed by atoms with Crippen LogP contribution in [-0.2, 0) is 0 Å². The van der Waals surface area contributed by atoms with Crippen LogP contribution in [0.15, 0.2) is 29.2 Å². The molecule has 0 amide bonds. The first-order valence-electron chi connectivity index (χ1n) is 2.81. The Kier molecular flexibility index (Phi) is 3.44. The van der Waals surface area contributed by atoms with Gasteiger partial charge in [0.1, 0.15) is 0 Å². The fourth-order valence-electron chi connectivity index (χ4n) is 0.557. The minimum atomic E-state index is -0.237. The van der Waals surface area contributed by atoms with Gasteiger partial charge in [0.25, 0.3) is 0 Å². The van der Waals surface area contributed by atoms with Gasteiger partial charge in [-0.1, -0.05) is 0 Å². The second-order valence-corrected chi connectivity index (χ2v) is 5.00. The van der Waals surface area contributed by atoms with E-state index in [9.17, 15) is 4.39 Å². The summed E-state index contributed by atoms with van der Waals surface area (Å²) >= 11 is -0.0855. The Labute approximate surface area is 73.8 Å². The summed E-state index contributed by atoms with van der Waals surface area (Å²) in [5.41, 5.74) is 0. The first-order chi connectivity index (χ1) is 5.33. The van der Waals surface area contributed by atoms with E-state index in [2.05, 4.69) is 4.97 Å². The summed E-state index contributed by atoms with van der Waals surface area (Å²) in [5.74, 6) is -0.237. The van der Waals surface area contributed by atoms with Crippen LogP contribution in [0.4, 0.5) is 4.39 Å². The van der Waals surface area contributed by atoms with Gasteiger partial charge in [-0.05, 0) is 0 Å². The maximum atomic E-state index is 12.3. The van der Waals surface area contributed by atoms with E-state index in [-0.39, 0.29) is 19.7 Å². The van der Waals surface area contributed by atoms with Crippen LogP contribution in [0.25, 0.3) is 0 Å². The molecule has 0 aromatic heterocycles. The van der Waals surface area contributed by atoms with Crippen molar-refractivity contribution >= 4 is 24.0 Å². The third-order valence-electron chi connectivity index (χ3n) is 0.989. The van der Waals surface area contributed by atoms with Crippen LogP contribution >= 0.6 is 10.2 Å². The molecule has 1 rings (SSSR count). The maximum absolute atomic E-state index is 12.3. The van der Waals surface area contributed by atoms with E-state index in [4.69, 9.17) is 5.26 Å². The van der Waals surface area contributed by atoms with Crippen molar-refractivity contribution in [2.75, 3.05) is 0 Å². The van der Waals surface area contributed by atoms with Crippen LogP contribution in [-0.4, -0.2) is 13.8 Å². The molecule has 0 aliphatic rings. The van der Waals surface area contributed by atoms with Crippen LogP contribution in [0.5, 0.6) is 0 Å². The van der Waals surface area contributed by atoms with Crippen LogP contribution in [0.1, 0.15) is 0 Å². The number of benzene rings is 1. The molecule has 1 aromatic rings. The van der Waals surface area contributed by atoms with Gasteiger partial charge in [-0.2, -0.15) is 0 Å². The number of halogens is 1. The van der Waals surface area contributed by atoms with E-state index < -0.39 is 0 Å². The van der Waals surface area contributed by atoms with Crippen LogP contribution in [0.3, 0.4) is 0 Å². The molecule has 4 heteroatoms. The zero-order valence-corrected chi connectivity index (χ0v) is 7.98. The SMILES string of the molecule is N#C[Se]Sc1ccc(F)cc1.